The smallest absolute Gasteiger partial charge is 0.508 e. The molecule has 0 saturated heterocycles. The second kappa shape index (κ2) is 17.8. The van der Waals surface area contributed by atoms with Gasteiger partial charge >= 0.3 is 19.5 Å². The Kier molecular flexibility index (Phi) is 15.2. The predicted octanol–water partition coefficient (Wildman–Crippen LogP) is 7.14. The number of unbranched alkanes of at least 4 members (excludes halogenated alkanes) is 2. The number of ether oxygens (including phenoxy) is 1. The van der Waals surface area contributed by atoms with Crippen LogP contribution >= 0.6 is 0 Å². The Balaban J connectivity index is 0.000000716. The Bertz CT molecular complexity index is 887. The maximum Gasteiger partial charge on any atom is 2.00 e. The molecule has 0 aromatic heterocycles. The van der Waals surface area contributed by atoms with E-state index in [9.17, 15) is 5.11 Å². The molecule has 0 bridgehead atoms. The van der Waals surface area contributed by atoms with Crippen molar-refractivity contribution in [1.29, 1.82) is 0 Å². The van der Waals surface area contributed by atoms with Gasteiger partial charge in [-0.05, 0) is 145 Å². The van der Waals surface area contributed by atoms with Crippen molar-refractivity contribution in [2.45, 2.75) is 32.6 Å². The first-order valence-corrected chi connectivity index (χ1v) is 12.9. The van der Waals surface area contributed by atoms with E-state index in [0.717, 1.165) is 42.9 Å². The number of nitrogens with zero attached hydrogens (tertiary/aromatic N) is 1. The fraction of sp³-hybridized carbons (Fsp3) is 0.273. The van der Waals surface area contributed by atoms with E-state index in [2.05, 4.69) is 75.9 Å². The van der Waals surface area contributed by atoms with E-state index >= 15 is 0 Å². The predicted molar refractivity (Wildman–Crippen MR) is 151 cm³/mol. The molecular formula is C33H39NO2Ru+2. The van der Waals surface area contributed by atoms with Gasteiger partial charge in [0.1, 0.15) is 11.5 Å². The molecule has 2 aliphatic carbocycles. The number of phenolic OH excluding ortho intramolecular Hbond substituents is 1. The van der Waals surface area contributed by atoms with Gasteiger partial charge in [-0.3, -0.25) is 0 Å². The van der Waals surface area contributed by atoms with Crippen LogP contribution in [0.4, 0.5) is 0 Å². The summed E-state index contributed by atoms with van der Waals surface area (Å²) in [4.78, 5) is 2.22. The molecule has 2 saturated carbocycles. The van der Waals surface area contributed by atoms with Crippen LogP contribution in [0.15, 0.2) is 54.1 Å². The topological polar surface area (TPSA) is 32.7 Å². The van der Waals surface area contributed by atoms with Crippen LogP contribution in [0.5, 0.6) is 11.5 Å². The van der Waals surface area contributed by atoms with Gasteiger partial charge in [-0.25, -0.2) is 0 Å². The Morgan fingerprint density at radius 3 is 1.78 bits per heavy atom. The van der Waals surface area contributed by atoms with Gasteiger partial charge in [0, 0.05) is 5.92 Å². The second-order valence-electron chi connectivity index (χ2n) is 9.13. The van der Waals surface area contributed by atoms with Gasteiger partial charge < -0.3 is 14.7 Å². The summed E-state index contributed by atoms with van der Waals surface area (Å²) in [5, 5.41) is 9.75. The molecule has 4 rings (SSSR count). The Hall–Kier alpha value is -1.64. The van der Waals surface area contributed by atoms with Gasteiger partial charge in [-0.1, -0.05) is 36.8 Å². The summed E-state index contributed by atoms with van der Waals surface area (Å²) in [6.07, 6.45) is 22.9. The van der Waals surface area contributed by atoms with Gasteiger partial charge in [0.25, 0.3) is 0 Å². The van der Waals surface area contributed by atoms with Crippen LogP contribution in [0.2, 0.25) is 0 Å². The number of phenols is 1. The molecule has 3 nitrogen and oxygen atoms in total. The van der Waals surface area contributed by atoms with E-state index in [1.807, 2.05) is 44.2 Å². The number of allylic oxidation sites excluding steroid dienone is 1. The Morgan fingerprint density at radius 2 is 1.27 bits per heavy atom. The summed E-state index contributed by atoms with van der Waals surface area (Å²) in [7, 11) is 4.22. The SMILES string of the molecule is CC/C([C]1[CH][CH][CH][CH]1)=C(\c1ccc(O)cc1)c1ccc(OCCCCCN(C)C)cc1.[CH]1[CH][CH][CH][CH]1.[Ru+2]. The molecule has 0 spiro atoms. The summed E-state index contributed by atoms with van der Waals surface area (Å²) in [5.74, 6) is 2.43. The minimum atomic E-state index is 0. The van der Waals surface area contributed by atoms with Crippen LogP contribution in [-0.4, -0.2) is 37.3 Å². The molecular weight excluding hydrogens is 543 g/mol. The first kappa shape index (κ1) is 31.6. The van der Waals surface area contributed by atoms with E-state index in [0.29, 0.717) is 0 Å². The third-order valence-electron chi connectivity index (χ3n) is 6.04. The molecule has 1 N–H and O–H groups in total. The van der Waals surface area contributed by atoms with Gasteiger partial charge in [-0.2, -0.15) is 0 Å². The van der Waals surface area contributed by atoms with E-state index in [-0.39, 0.29) is 25.2 Å². The van der Waals surface area contributed by atoms with Crippen molar-refractivity contribution in [2.24, 2.45) is 0 Å². The van der Waals surface area contributed by atoms with Crippen molar-refractivity contribution in [3.05, 3.63) is 129 Å². The largest absolute Gasteiger partial charge is 2.00 e. The number of hydrogen-bond acceptors (Lipinski definition) is 3. The number of hydrogen-bond donors (Lipinski definition) is 1. The first-order valence-electron chi connectivity index (χ1n) is 12.9. The van der Waals surface area contributed by atoms with Gasteiger partial charge in [-0.15, -0.1) is 0 Å². The Labute approximate surface area is 239 Å². The average molecular weight is 583 g/mol. The molecule has 2 fully saturated rings. The van der Waals surface area contributed by atoms with Crippen LogP contribution in [-0.2, 0) is 19.5 Å². The second-order valence-corrected chi connectivity index (χ2v) is 9.13. The number of aromatic hydroxyl groups is 1. The van der Waals surface area contributed by atoms with Crippen molar-refractivity contribution in [2.75, 3.05) is 27.2 Å². The zero-order valence-corrected chi connectivity index (χ0v) is 24.0. The summed E-state index contributed by atoms with van der Waals surface area (Å²) in [5.41, 5.74) is 4.75. The van der Waals surface area contributed by atoms with Crippen molar-refractivity contribution < 1.29 is 29.3 Å². The first-order chi connectivity index (χ1) is 17.6. The third-order valence-corrected chi connectivity index (χ3v) is 6.04. The molecule has 4 heteroatoms. The molecule has 2 aromatic rings. The van der Waals surface area contributed by atoms with Gasteiger partial charge in [0.15, 0.2) is 0 Å². The molecule has 194 valence electrons. The van der Waals surface area contributed by atoms with Gasteiger partial charge in [0.2, 0.25) is 0 Å². The fourth-order valence-corrected chi connectivity index (χ4v) is 4.18. The molecule has 10 radical (unpaired) electrons. The van der Waals surface area contributed by atoms with E-state index < -0.39 is 0 Å². The maximum atomic E-state index is 9.75. The summed E-state index contributed by atoms with van der Waals surface area (Å²) < 4.78 is 5.97. The van der Waals surface area contributed by atoms with Crippen molar-refractivity contribution in [3.63, 3.8) is 0 Å². The zero-order valence-electron chi connectivity index (χ0n) is 22.2. The number of benzene rings is 2. The monoisotopic (exact) mass is 583 g/mol. The molecule has 0 unspecified atom stereocenters. The number of rotatable bonds is 11. The molecule has 37 heavy (non-hydrogen) atoms. The minimum Gasteiger partial charge on any atom is -0.508 e. The standard InChI is InChI=1S/C28H34NO2.C5H5.Ru/c1-4-27(22-10-6-7-11-22)28(23-12-16-25(30)17-13-23)24-14-18-26(19-15-24)31-21-9-5-8-20-29(2)3;1-2-4-5-3-1;/h6-7,10-19,30H,4-5,8-9,20-21H2,1-3H3;1-5H;/q;;+2/b28-27-;;. The maximum absolute atomic E-state index is 9.75. The molecule has 0 amide bonds. The Morgan fingerprint density at radius 1 is 0.730 bits per heavy atom. The van der Waals surface area contributed by atoms with Crippen LogP contribution in [0.1, 0.15) is 43.7 Å². The van der Waals surface area contributed by atoms with Crippen molar-refractivity contribution in [1.82, 2.24) is 4.90 Å². The summed E-state index contributed by atoms with van der Waals surface area (Å²) in [6, 6.07) is 15.9. The molecule has 0 heterocycles. The zero-order chi connectivity index (χ0) is 25.6. The van der Waals surface area contributed by atoms with E-state index in [1.165, 1.54) is 29.9 Å². The quantitative estimate of drug-likeness (QED) is 0.226. The molecule has 2 aliphatic rings. The molecule has 0 atom stereocenters. The van der Waals surface area contributed by atoms with Crippen LogP contribution < -0.4 is 4.74 Å². The van der Waals surface area contributed by atoms with E-state index in [1.54, 1.807) is 12.1 Å². The van der Waals surface area contributed by atoms with Crippen LogP contribution in [0.3, 0.4) is 0 Å². The fourth-order valence-electron chi connectivity index (χ4n) is 4.18. The van der Waals surface area contributed by atoms with Crippen LogP contribution in [0, 0.1) is 63.7 Å². The average Bonchev–Trinajstić information content (AvgIpc) is 3.63. The normalized spacial score (nSPS) is 16.1. The summed E-state index contributed by atoms with van der Waals surface area (Å²) in [6.45, 7) is 4.07. The third kappa shape index (κ3) is 10.9. The summed E-state index contributed by atoms with van der Waals surface area (Å²) >= 11 is 0. The van der Waals surface area contributed by atoms with Gasteiger partial charge in [0.05, 0.1) is 6.61 Å². The van der Waals surface area contributed by atoms with Crippen molar-refractivity contribution >= 4 is 5.57 Å². The molecule has 2 aromatic carbocycles. The van der Waals surface area contributed by atoms with Crippen molar-refractivity contribution in [3.8, 4) is 11.5 Å². The minimum absolute atomic E-state index is 0. The van der Waals surface area contributed by atoms with E-state index in [4.69, 9.17) is 4.74 Å². The van der Waals surface area contributed by atoms with Crippen LogP contribution in [0.25, 0.3) is 5.57 Å². The molecule has 0 aliphatic heterocycles.